The molecule has 0 saturated carbocycles. The molecule has 0 aromatic heterocycles. The average molecular weight is 561 g/mol. The number of benzene rings is 3. The van der Waals surface area contributed by atoms with Gasteiger partial charge < -0.3 is 10.1 Å². The molecule has 0 aliphatic rings. The van der Waals surface area contributed by atoms with Crippen LogP contribution in [0.15, 0.2) is 48.5 Å². The minimum atomic E-state index is -4.86. The van der Waals surface area contributed by atoms with Crippen molar-refractivity contribution < 1.29 is 35.7 Å². The minimum absolute atomic E-state index is 0.00451. The summed E-state index contributed by atoms with van der Waals surface area (Å²) in [6.07, 6.45) is -3.70. The van der Waals surface area contributed by atoms with Crippen LogP contribution in [0.3, 0.4) is 0 Å². The van der Waals surface area contributed by atoms with Gasteiger partial charge in [-0.1, -0.05) is 11.6 Å². The number of carbonyl (C=O) groups is 1. The maximum absolute atomic E-state index is 14.5. The van der Waals surface area contributed by atoms with Crippen molar-refractivity contribution in [2.75, 3.05) is 11.6 Å². The molecule has 1 unspecified atom stereocenters. The second-order valence-corrected chi connectivity index (χ2v) is 12.0. The van der Waals surface area contributed by atoms with E-state index in [1.54, 1.807) is 0 Å². The first-order valence-corrected chi connectivity index (χ1v) is 13.0. The molecule has 2 N–H and O–H groups in total. The topological polar surface area (TPSA) is 79.2 Å². The first-order valence-electron chi connectivity index (χ1n) is 10.6. The van der Waals surface area contributed by atoms with Crippen LogP contribution in [0.2, 0.25) is 5.02 Å². The van der Waals surface area contributed by atoms with Crippen LogP contribution in [0.1, 0.15) is 40.9 Å². The van der Waals surface area contributed by atoms with Crippen LogP contribution in [-0.2, 0) is 20.7 Å². The SMILES string of the molecule is Cc1cc(F)ccc1Oc1cc(C(F)(F)F)c(Cl)cc1C(=O)Nc1ccc(F)c(C(C)(C)S(C)(=N)=O)c1. The lowest BCUT2D eigenvalue weighted by atomic mass is 10.0. The van der Waals surface area contributed by atoms with E-state index in [4.69, 9.17) is 21.1 Å². The van der Waals surface area contributed by atoms with Gasteiger partial charge in [0, 0.05) is 17.5 Å². The fourth-order valence-electron chi connectivity index (χ4n) is 3.35. The standard InChI is InChI=1S/C25H22ClF5N2O3S/c1-13-9-14(27)5-8-21(13)36-22-12-17(25(29,30)31)19(26)11-16(22)23(34)33-15-6-7-20(28)18(10-15)24(2,3)37(4,32)35/h5-12,32H,1-4H3,(H,33,34). The summed E-state index contributed by atoms with van der Waals surface area (Å²) in [7, 11) is -3.27. The fraction of sp³-hybridized carbons (Fsp3) is 0.240. The third-order valence-corrected chi connectivity index (χ3v) is 8.30. The molecule has 0 fully saturated rings. The lowest BCUT2D eigenvalue weighted by Crippen LogP contribution is -2.28. The molecule has 0 bridgehead atoms. The summed E-state index contributed by atoms with van der Waals surface area (Å²) in [4.78, 5) is 13.1. The molecule has 3 rings (SSSR count). The number of rotatable bonds is 6. The fourth-order valence-corrected chi connectivity index (χ4v) is 4.20. The van der Waals surface area contributed by atoms with Crippen molar-refractivity contribution in [3.8, 4) is 11.5 Å². The van der Waals surface area contributed by atoms with Gasteiger partial charge in [0.15, 0.2) is 0 Å². The van der Waals surface area contributed by atoms with E-state index in [-0.39, 0.29) is 28.1 Å². The highest BCUT2D eigenvalue weighted by atomic mass is 35.5. The van der Waals surface area contributed by atoms with Crippen molar-refractivity contribution in [3.05, 3.63) is 87.4 Å². The van der Waals surface area contributed by atoms with Crippen LogP contribution >= 0.6 is 11.6 Å². The van der Waals surface area contributed by atoms with Gasteiger partial charge in [-0.25, -0.2) is 13.0 Å². The second kappa shape index (κ2) is 9.94. The van der Waals surface area contributed by atoms with Crippen LogP contribution in [0.25, 0.3) is 0 Å². The Morgan fingerprint density at radius 1 is 1.00 bits per heavy atom. The zero-order valence-electron chi connectivity index (χ0n) is 20.0. The number of alkyl halides is 3. The first-order chi connectivity index (χ1) is 16.9. The molecule has 37 heavy (non-hydrogen) atoms. The molecular weight excluding hydrogens is 539 g/mol. The molecule has 0 aliphatic heterocycles. The Morgan fingerprint density at radius 3 is 2.22 bits per heavy atom. The Kier molecular flexibility index (Phi) is 7.63. The number of aryl methyl sites for hydroxylation is 1. The summed E-state index contributed by atoms with van der Waals surface area (Å²) >= 11 is 5.84. The quantitative estimate of drug-likeness (QED) is 0.301. The van der Waals surface area contributed by atoms with E-state index in [1.807, 2.05) is 0 Å². The van der Waals surface area contributed by atoms with Crippen LogP contribution in [-0.4, -0.2) is 16.4 Å². The normalized spacial score (nSPS) is 13.7. The average Bonchev–Trinajstić information content (AvgIpc) is 2.76. The van der Waals surface area contributed by atoms with E-state index in [9.17, 15) is 31.0 Å². The molecule has 0 radical (unpaired) electrons. The molecule has 1 atom stereocenters. The van der Waals surface area contributed by atoms with E-state index in [0.717, 1.165) is 30.5 Å². The Morgan fingerprint density at radius 2 is 1.65 bits per heavy atom. The van der Waals surface area contributed by atoms with Gasteiger partial charge in [-0.05, 0) is 74.9 Å². The van der Waals surface area contributed by atoms with Crippen LogP contribution < -0.4 is 10.1 Å². The number of hydrogen-bond donors (Lipinski definition) is 2. The predicted octanol–water partition coefficient (Wildman–Crippen LogP) is 7.90. The summed E-state index contributed by atoms with van der Waals surface area (Å²) < 4.78 is 93.0. The second-order valence-electron chi connectivity index (χ2n) is 8.84. The molecule has 0 spiro atoms. The lowest BCUT2D eigenvalue weighted by molar-refractivity contribution is -0.137. The van der Waals surface area contributed by atoms with Crippen molar-refractivity contribution in [2.24, 2.45) is 0 Å². The summed E-state index contributed by atoms with van der Waals surface area (Å²) in [5.74, 6) is -2.78. The van der Waals surface area contributed by atoms with E-state index >= 15 is 0 Å². The van der Waals surface area contributed by atoms with E-state index in [0.29, 0.717) is 6.07 Å². The van der Waals surface area contributed by atoms with Crippen LogP contribution in [0.4, 0.5) is 27.6 Å². The summed E-state index contributed by atoms with van der Waals surface area (Å²) in [5.41, 5.74) is -1.44. The van der Waals surface area contributed by atoms with E-state index < -0.39 is 54.5 Å². The molecular formula is C25H22ClF5N2O3S. The third-order valence-electron chi connectivity index (χ3n) is 5.82. The van der Waals surface area contributed by atoms with Gasteiger partial charge >= 0.3 is 6.18 Å². The monoisotopic (exact) mass is 560 g/mol. The van der Waals surface area contributed by atoms with E-state index in [1.165, 1.54) is 39.0 Å². The number of amides is 1. The Balaban J connectivity index is 2.08. The smallest absolute Gasteiger partial charge is 0.417 e. The molecule has 3 aromatic rings. The number of anilines is 1. The van der Waals surface area contributed by atoms with Gasteiger partial charge in [-0.2, -0.15) is 13.2 Å². The first kappa shape index (κ1) is 28.4. The highest BCUT2D eigenvalue weighted by molar-refractivity contribution is 7.92. The molecule has 198 valence electrons. The van der Waals surface area contributed by atoms with Crippen molar-refractivity contribution in [2.45, 2.75) is 31.7 Å². The van der Waals surface area contributed by atoms with Crippen LogP contribution in [0.5, 0.6) is 11.5 Å². The Bertz CT molecular complexity index is 1490. The lowest BCUT2D eigenvalue weighted by Gasteiger charge is -2.26. The van der Waals surface area contributed by atoms with Gasteiger partial charge in [0.05, 0.1) is 30.6 Å². The molecule has 0 saturated heterocycles. The summed E-state index contributed by atoms with van der Waals surface area (Å²) in [6, 6.07) is 8.10. The summed E-state index contributed by atoms with van der Waals surface area (Å²) in [5, 5.41) is 1.68. The van der Waals surface area contributed by atoms with Gasteiger partial charge in [0.2, 0.25) is 0 Å². The number of carbonyl (C=O) groups excluding carboxylic acids is 1. The van der Waals surface area contributed by atoms with Gasteiger partial charge in [0.1, 0.15) is 23.1 Å². The molecule has 12 heteroatoms. The molecule has 1 amide bonds. The number of halogens is 6. The molecule has 5 nitrogen and oxygen atoms in total. The van der Waals surface area contributed by atoms with Crippen LogP contribution in [0, 0.1) is 23.3 Å². The van der Waals surface area contributed by atoms with Crippen molar-refractivity contribution >= 4 is 32.9 Å². The zero-order chi connectivity index (χ0) is 27.9. The molecule has 3 aromatic carbocycles. The van der Waals surface area contributed by atoms with Gasteiger partial charge in [-0.3, -0.25) is 9.57 Å². The zero-order valence-corrected chi connectivity index (χ0v) is 21.6. The van der Waals surface area contributed by atoms with Gasteiger partial charge in [-0.15, -0.1) is 0 Å². The van der Waals surface area contributed by atoms with Crippen molar-refractivity contribution in [1.29, 1.82) is 4.78 Å². The number of ether oxygens (including phenoxy) is 1. The largest absolute Gasteiger partial charge is 0.456 e. The highest BCUT2D eigenvalue weighted by Crippen LogP contribution is 2.41. The number of nitrogens with one attached hydrogen (secondary N) is 2. The van der Waals surface area contributed by atoms with E-state index in [2.05, 4.69) is 5.32 Å². The Hall–Kier alpha value is -3.18. The predicted molar refractivity (Wildman–Crippen MR) is 132 cm³/mol. The minimum Gasteiger partial charge on any atom is -0.456 e. The Labute approximate surface area is 215 Å². The van der Waals surface area contributed by atoms with Gasteiger partial charge in [0.25, 0.3) is 5.91 Å². The molecule has 0 heterocycles. The van der Waals surface area contributed by atoms with Crippen molar-refractivity contribution in [3.63, 3.8) is 0 Å². The highest BCUT2D eigenvalue weighted by Gasteiger charge is 2.36. The number of hydrogen-bond acceptors (Lipinski definition) is 4. The summed E-state index contributed by atoms with van der Waals surface area (Å²) in [6.45, 7) is 4.30. The maximum atomic E-state index is 14.5. The maximum Gasteiger partial charge on any atom is 0.417 e. The van der Waals surface area contributed by atoms with Crippen molar-refractivity contribution in [1.82, 2.24) is 0 Å². The third kappa shape index (κ3) is 6.04. The molecule has 0 aliphatic carbocycles.